The van der Waals surface area contributed by atoms with Crippen molar-refractivity contribution in [2.45, 2.75) is 69.5 Å². The Morgan fingerprint density at radius 1 is 1.00 bits per heavy atom. The van der Waals surface area contributed by atoms with Crippen molar-refractivity contribution in [3.05, 3.63) is 88.9 Å². The van der Waals surface area contributed by atoms with Crippen LogP contribution in [-0.2, 0) is 26.2 Å². The van der Waals surface area contributed by atoms with Crippen molar-refractivity contribution >= 4 is 39.1 Å². The van der Waals surface area contributed by atoms with Crippen LogP contribution < -0.4 is 14.4 Å². The molecule has 3 aromatic carbocycles. The van der Waals surface area contributed by atoms with Gasteiger partial charge in [-0.15, -0.1) is 0 Å². The molecule has 1 fully saturated rings. The standard InChI is InChI=1S/C32H38ClN3O5S/c1-23-12-18-30(19-13-23)42(39,40)36(28-11-7-8-26(33)20-28)22-31(37)35(21-25-14-16-29(41-3)17-15-25)24(2)32(38)34-27-9-5-4-6-10-27/h7-8,11-20,24,27H,4-6,9-10,21-22H2,1-3H3,(H,34,38)/t24-/m1/s1. The molecule has 8 nitrogen and oxygen atoms in total. The summed E-state index contributed by atoms with van der Waals surface area (Å²) in [5.41, 5.74) is 1.93. The van der Waals surface area contributed by atoms with E-state index >= 15 is 0 Å². The van der Waals surface area contributed by atoms with Gasteiger partial charge in [-0.3, -0.25) is 13.9 Å². The third-order valence-electron chi connectivity index (χ3n) is 7.61. The summed E-state index contributed by atoms with van der Waals surface area (Å²) in [6.07, 6.45) is 5.07. The Kier molecular flexibility index (Phi) is 10.5. The van der Waals surface area contributed by atoms with E-state index in [4.69, 9.17) is 16.3 Å². The average Bonchev–Trinajstić information content (AvgIpc) is 2.99. The van der Waals surface area contributed by atoms with E-state index in [0.717, 1.165) is 47.5 Å². The quantitative estimate of drug-likeness (QED) is 0.299. The van der Waals surface area contributed by atoms with Gasteiger partial charge in [0.15, 0.2) is 0 Å². The number of amides is 2. The maximum atomic E-state index is 14.1. The van der Waals surface area contributed by atoms with Crippen molar-refractivity contribution in [3.63, 3.8) is 0 Å². The predicted molar refractivity (Wildman–Crippen MR) is 165 cm³/mol. The Balaban J connectivity index is 1.67. The number of methoxy groups -OCH3 is 1. The molecule has 0 saturated heterocycles. The molecule has 0 aromatic heterocycles. The lowest BCUT2D eigenvalue weighted by Gasteiger charge is -2.33. The molecule has 4 rings (SSSR count). The van der Waals surface area contributed by atoms with Crippen LogP contribution in [0, 0.1) is 6.92 Å². The number of carbonyl (C=O) groups is 2. The normalized spacial score (nSPS) is 14.6. The summed E-state index contributed by atoms with van der Waals surface area (Å²) in [5.74, 6) is -0.122. The molecule has 1 atom stereocenters. The molecule has 10 heteroatoms. The van der Waals surface area contributed by atoms with Gasteiger partial charge >= 0.3 is 0 Å². The van der Waals surface area contributed by atoms with Gasteiger partial charge in [-0.1, -0.05) is 66.8 Å². The van der Waals surface area contributed by atoms with E-state index in [9.17, 15) is 18.0 Å². The summed E-state index contributed by atoms with van der Waals surface area (Å²) in [6, 6.07) is 19.3. The topological polar surface area (TPSA) is 96.0 Å². The van der Waals surface area contributed by atoms with E-state index in [2.05, 4.69) is 5.32 Å². The van der Waals surface area contributed by atoms with Crippen molar-refractivity contribution in [2.75, 3.05) is 18.0 Å². The van der Waals surface area contributed by atoms with Gasteiger partial charge < -0.3 is 15.0 Å². The lowest BCUT2D eigenvalue weighted by molar-refractivity contribution is -0.139. The van der Waals surface area contributed by atoms with Gasteiger partial charge in [0.2, 0.25) is 11.8 Å². The molecule has 2 amide bonds. The van der Waals surface area contributed by atoms with E-state index in [1.807, 2.05) is 19.1 Å². The molecule has 42 heavy (non-hydrogen) atoms. The molecule has 1 saturated carbocycles. The molecule has 0 spiro atoms. The van der Waals surface area contributed by atoms with Crippen molar-refractivity contribution in [3.8, 4) is 5.75 Å². The summed E-state index contributed by atoms with van der Waals surface area (Å²) in [4.78, 5) is 29.0. The molecular formula is C32H38ClN3O5S. The van der Waals surface area contributed by atoms with Gasteiger partial charge in [-0.2, -0.15) is 0 Å². The van der Waals surface area contributed by atoms with Gasteiger partial charge in [0.1, 0.15) is 18.3 Å². The Hall–Kier alpha value is -3.56. The fourth-order valence-electron chi connectivity index (χ4n) is 5.08. The molecule has 224 valence electrons. The number of hydrogen-bond acceptors (Lipinski definition) is 5. The number of rotatable bonds is 11. The first-order valence-electron chi connectivity index (χ1n) is 14.2. The Morgan fingerprint density at radius 3 is 2.29 bits per heavy atom. The lowest BCUT2D eigenvalue weighted by atomic mass is 9.95. The maximum absolute atomic E-state index is 14.1. The van der Waals surface area contributed by atoms with Gasteiger partial charge in [-0.05, 0) is 74.7 Å². The van der Waals surface area contributed by atoms with E-state index in [0.29, 0.717) is 10.8 Å². The van der Waals surface area contributed by atoms with Crippen molar-refractivity contribution < 1.29 is 22.7 Å². The molecule has 0 unspecified atom stereocenters. The first-order chi connectivity index (χ1) is 20.1. The molecule has 1 aliphatic carbocycles. The van der Waals surface area contributed by atoms with Crippen LogP contribution in [-0.4, -0.2) is 50.9 Å². The zero-order valence-corrected chi connectivity index (χ0v) is 25.8. The second-order valence-corrected chi connectivity index (χ2v) is 13.0. The number of halogens is 1. The highest BCUT2D eigenvalue weighted by atomic mass is 35.5. The second-order valence-electron chi connectivity index (χ2n) is 10.7. The van der Waals surface area contributed by atoms with Crippen molar-refractivity contribution in [1.29, 1.82) is 0 Å². The minimum absolute atomic E-state index is 0.0469. The number of benzene rings is 3. The number of carbonyl (C=O) groups excluding carboxylic acids is 2. The monoisotopic (exact) mass is 611 g/mol. The molecule has 1 aliphatic rings. The van der Waals surface area contributed by atoms with Crippen molar-refractivity contribution in [1.82, 2.24) is 10.2 Å². The number of anilines is 1. The third kappa shape index (κ3) is 7.83. The summed E-state index contributed by atoms with van der Waals surface area (Å²) >= 11 is 6.24. The largest absolute Gasteiger partial charge is 0.497 e. The van der Waals surface area contributed by atoms with Gasteiger partial charge in [0.05, 0.1) is 17.7 Å². The fraction of sp³-hybridized carbons (Fsp3) is 0.375. The van der Waals surface area contributed by atoms with E-state index in [1.165, 1.54) is 23.1 Å². The summed E-state index contributed by atoms with van der Waals surface area (Å²) in [7, 11) is -2.59. The maximum Gasteiger partial charge on any atom is 0.264 e. The Morgan fingerprint density at radius 2 is 1.67 bits per heavy atom. The third-order valence-corrected chi connectivity index (χ3v) is 9.64. The molecular weight excluding hydrogens is 574 g/mol. The highest BCUT2D eigenvalue weighted by Crippen LogP contribution is 2.27. The molecule has 3 aromatic rings. The number of nitrogens with zero attached hydrogens (tertiary/aromatic N) is 2. The van der Waals surface area contributed by atoms with Crippen LogP contribution in [0.2, 0.25) is 5.02 Å². The van der Waals surface area contributed by atoms with Crippen LogP contribution in [0.15, 0.2) is 77.7 Å². The number of sulfonamides is 1. The fourth-order valence-corrected chi connectivity index (χ4v) is 6.67. The zero-order chi connectivity index (χ0) is 30.3. The van der Waals surface area contributed by atoms with Crippen molar-refractivity contribution in [2.24, 2.45) is 0 Å². The smallest absolute Gasteiger partial charge is 0.264 e. The lowest BCUT2D eigenvalue weighted by Crippen LogP contribution is -2.53. The van der Waals surface area contributed by atoms with Crippen LogP contribution in [0.4, 0.5) is 5.69 Å². The Labute approximate surface area is 253 Å². The highest BCUT2D eigenvalue weighted by Gasteiger charge is 2.33. The SMILES string of the molecule is COc1ccc(CN(C(=O)CN(c2cccc(Cl)c2)S(=O)(=O)c2ccc(C)cc2)[C@H](C)C(=O)NC2CCCCC2)cc1. The molecule has 0 bridgehead atoms. The van der Waals surface area contributed by atoms with E-state index < -0.39 is 28.5 Å². The number of hydrogen-bond donors (Lipinski definition) is 1. The van der Waals surface area contributed by atoms with Gasteiger partial charge in [0.25, 0.3) is 10.0 Å². The molecule has 0 aliphatic heterocycles. The zero-order valence-electron chi connectivity index (χ0n) is 24.3. The number of ether oxygens (including phenoxy) is 1. The molecule has 0 radical (unpaired) electrons. The molecule has 1 N–H and O–H groups in total. The molecule has 0 heterocycles. The van der Waals surface area contributed by atoms with E-state index in [1.54, 1.807) is 56.5 Å². The summed E-state index contributed by atoms with van der Waals surface area (Å²) in [5, 5.41) is 3.44. The minimum Gasteiger partial charge on any atom is -0.497 e. The van der Waals surface area contributed by atoms with Crippen LogP contribution in [0.25, 0.3) is 0 Å². The average molecular weight is 612 g/mol. The van der Waals surface area contributed by atoms with E-state index in [-0.39, 0.29) is 29.1 Å². The van der Waals surface area contributed by atoms with Crippen LogP contribution >= 0.6 is 11.6 Å². The summed E-state index contributed by atoms with van der Waals surface area (Å²) < 4.78 is 34.2. The van der Waals surface area contributed by atoms with Crippen LogP contribution in [0.1, 0.15) is 50.2 Å². The number of aryl methyl sites for hydroxylation is 1. The first-order valence-corrected chi connectivity index (χ1v) is 16.0. The number of nitrogens with one attached hydrogen (secondary N) is 1. The Bertz CT molecular complexity index is 1470. The highest BCUT2D eigenvalue weighted by molar-refractivity contribution is 7.92. The van der Waals surface area contributed by atoms with Crippen LogP contribution in [0.5, 0.6) is 5.75 Å². The predicted octanol–water partition coefficient (Wildman–Crippen LogP) is 5.72. The summed E-state index contributed by atoms with van der Waals surface area (Å²) in [6.45, 7) is 3.13. The van der Waals surface area contributed by atoms with Gasteiger partial charge in [0, 0.05) is 17.6 Å². The van der Waals surface area contributed by atoms with Crippen LogP contribution in [0.3, 0.4) is 0 Å². The van der Waals surface area contributed by atoms with Gasteiger partial charge in [-0.25, -0.2) is 8.42 Å². The second kappa shape index (κ2) is 14.1. The minimum atomic E-state index is -4.16. The first kappa shape index (κ1) is 31.4.